The number of nitrogens with zero attached hydrogens (tertiary/aromatic N) is 2. The van der Waals surface area contributed by atoms with Crippen LogP contribution in [0.15, 0.2) is 65.2 Å². The van der Waals surface area contributed by atoms with E-state index in [1.807, 2.05) is 75.4 Å². The fraction of sp³-hybridized carbons (Fsp3) is 0.296. The van der Waals surface area contributed by atoms with Crippen LogP contribution in [0.25, 0.3) is 22.2 Å². The first-order chi connectivity index (χ1) is 15.7. The van der Waals surface area contributed by atoms with Gasteiger partial charge in [-0.15, -0.1) is 0 Å². The van der Waals surface area contributed by atoms with Crippen LogP contribution in [0.4, 0.5) is 5.82 Å². The lowest BCUT2D eigenvalue weighted by molar-refractivity contribution is 0.102. The van der Waals surface area contributed by atoms with Gasteiger partial charge >= 0.3 is 0 Å². The first-order valence-electron chi connectivity index (χ1n) is 11.1. The molecule has 4 aromatic rings. The zero-order chi connectivity index (χ0) is 23.6. The third kappa shape index (κ3) is 5.22. The summed E-state index contributed by atoms with van der Waals surface area (Å²) in [5.41, 5.74) is 2.64. The summed E-state index contributed by atoms with van der Waals surface area (Å²) in [6, 6.07) is 19.0. The summed E-state index contributed by atoms with van der Waals surface area (Å²) >= 11 is 0. The smallest absolute Gasteiger partial charge is 0.257 e. The van der Waals surface area contributed by atoms with Crippen molar-refractivity contribution in [3.63, 3.8) is 0 Å². The molecule has 0 radical (unpaired) electrons. The number of rotatable bonds is 6. The second kappa shape index (κ2) is 9.06. The van der Waals surface area contributed by atoms with Gasteiger partial charge in [-0.3, -0.25) is 4.79 Å². The Balaban J connectivity index is 1.70. The van der Waals surface area contributed by atoms with E-state index >= 15 is 0 Å². The van der Waals surface area contributed by atoms with Crippen molar-refractivity contribution in [1.29, 1.82) is 0 Å². The summed E-state index contributed by atoms with van der Waals surface area (Å²) in [5, 5.41) is 7.65. The fourth-order valence-corrected chi connectivity index (χ4v) is 3.39. The standard InChI is InChI=1S/C27H29N3O3/c1-17(2)16-32-19-10-8-9-18(13-19)23-14-21(20-11-6-7-12-22(20)28-23)26(31)29-25-15-24(33-30-25)27(3,4)5/h6-15,17H,16H2,1-5H3,(H,29,30,31). The first-order valence-corrected chi connectivity index (χ1v) is 11.1. The number of hydrogen-bond acceptors (Lipinski definition) is 5. The predicted octanol–water partition coefficient (Wildman–Crippen LogP) is 6.47. The average molecular weight is 444 g/mol. The third-order valence-corrected chi connectivity index (χ3v) is 5.16. The maximum atomic E-state index is 13.3. The van der Waals surface area contributed by atoms with E-state index in [2.05, 4.69) is 24.3 Å². The topological polar surface area (TPSA) is 77.2 Å². The second-order valence-electron chi connectivity index (χ2n) is 9.59. The molecule has 170 valence electrons. The van der Waals surface area contributed by atoms with E-state index in [1.54, 1.807) is 6.07 Å². The molecule has 6 heteroatoms. The van der Waals surface area contributed by atoms with Gasteiger partial charge in [0.15, 0.2) is 5.82 Å². The Labute approximate surface area is 194 Å². The number of carbonyl (C=O) groups is 1. The molecular weight excluding hydrogens is 414 g/mol. The molecule has 0 aliphatic heterocycles. The molecular formula is C27H29N3O3. The van der Waals surface area contributed by atoms with Crippen molar-refractivity contribution in [1.82, 2.24) is 10.1 Å². The van der Waals surface area contributed by atoms with Crippen molar-refractivity contribution >= 4 is 22.6 Å². The molecule has 0 aliphatic carbocycles. The summed E-state index contributed by atoms with van der Waals surface area (Å²) < 4.78 is 11.3. The molecule has 2 aromatic heterocycles. The van der Waals surface area contributed by atoms with Gasteiger partial charge in [0.1, 0.15) is 11.5 Å². The van der Waals surface area contributed by atoms with E-state index in [-0.39, 0.29) is 11.3 Å². The van der Waals surface area contributed by atoms with Gasteiger partial charge in [-0.25, -0.2) is 4.98 Å². The molecule has 2 aromatic carbocycles. The van der Waals surface area contributed by atoms with Gasteiger partial charge in [-0.2, -0.15) is 0 Å². The van der Waals surface area contributed by atoms with Gasteiger partial charge < -0.3 is 14.6 Å². The second-order valence-corrected chi connectivity index (χ2v) is 9.59. The van der Waals surface area contributed by atoms with Crippen LogP contribution in [0.1, 0.15) is 50.7 Å². The summed E-state index contributed by atoms with van der Waals surface area (Å²) in [7, 11) is 0. The van der Waals surface area contributed by atoms with Crippen LogP contribution in [0.3, 0.4) is 0 Å². The minimum absolute atomic E-state index is 0.199. The van der Waals surface area contributed by atoms with Gasteiger partial charge in [0.2, 0.25) is 0 Å². The minimum atomic E-state index is -0.268. The quantitative estimate of drug-likeness (QED) is 0.369. The highest BCUT2D eigenvalue weighted by molar-refractivity contribution is 6.12. The van der Waals surface area contributed by atoms with Crippen LogP contribution in [-0.4, -0.2) is 22.7 Å². The van der Waals surface area contributed by atoms with Crippen molar-refractivity contribution in [3.8, 4) is 17.0 Å². The number of anilines is 1. The Morgan fingerprint density at radius 1 is 1.06 bits per heavy atom. The molecule has 0 spiro atoms. The van der Waals surface area contributed by atoms with E-state index < -0.39 is 0 Å². The predicted molar refractivity (Wildman–Crippen MR) is 131 cm³/mol. The molecule has 0 aliphatic rings. The lowest BCUT2D eigenvalue weighted by atomic mass is 9.93. The monoisotopic (exact) mass is 443 g/mol. The number of aromatic nitrogens is 2. The molecule has 1 N–H and O–H groups in total. The van der Waals surface area contributed by atoms with Crippen molar-refractivity contribution in [2.75, 3.05) is 11.9 Å². The number of carbonyl (C=O) groups excluding carboxylic acids is 1. The Morgan fingerprint density at radius 3 is 2.58 bits per heavy atom. The summed E-state index contributed by atoms with van der Waals surface area (Å²) in [5.74, 6) is 2.03. The van der Waals surface area contributed by atoms with Crippen LogP contribution in [-0.2, 0) is 5.41 Å². The van der Waals surface area contributed by atoms with E-state index in [9.17, 15) is 4.79 Å². The molecule has 0 unspecified atom stereocenters. The Morgan fingerprint density at radius 2 is 1.85 bits per heavy atom. The van der Waals surface area contributed by atoms with Crippen molar-refractivity contribution in [2.24, 2.45) is 5.92 Å². The largest absolute Gasteiger partial charge is 0.493 e. The number of benzene rings is 2. The molecule has 6 nitrogen and oxygen atoms in total. The van der Waals surface area contributed by atoms with E-state index in [0.717, 1.165) is 22.2 Å². The summed E-state index contributed by atoms with van der Waals surface area (Å²) in [4.78, 5) is 18.1. The molecule has 2 heterocycles. The van der Waals surface area contributed by atoms with Crippen molar-refractivity contribution < 1.29 is 14.1 Å². The normalized spacial score (nSPS) is 11.7. The van der Waals surface area contributed by atoms with Crippen molar-refractivity contribution in [2.45, 2.75) is 40.0 Å². The number of hydrogen-bond donors (Lipinski definition) is 1. The van der Waals surface area contributed by atoms with Crippen LogP contribution < -0.4 is 10.1 Å². The number of pyridine rings is 1. The Bertz CT molecular complexity index is 1290. The SMILES string of the molecule is CC(C)COc1cccc(-c2cc(C(=O)Nc3cc(C(C)(C)C)on3)c3ccccc3n2)c1. The Kier molecular flexibility index (Phi) is 6.18. The first kappa shape index (κ1) is 22.5. The third-order valence-electron chi connectivity index (χ3n) is 5.16. The van der Waals surface area contributed by atoms with Gasteiger partial charge in [-0.05, 0) is 30.2 Å². The lowest BCUT2D eigenvalue weighted by Gasteiger charge is -2.12. The lowest BCUT2D eigenvalue weighted by Crippen LogP contribution is -2.13. The zero-order valence-corrected chi connectivity index (χ0v) is 19.7. The maximum absolute atomic E-state index is 13.3. The highest BCUT2D eigenvalue weighted by atomic mass is 16.5. The minimum Gasteiger partial charge on any atom is -0.493 e. The number of nitrogens with one attached hydrogen (secondary N) is 1. The van der Waals surface area contributed by atoms with Crippen LogP contribution in [0, 0.1) is 5.92 Å². The molecule has 0 fully saturated rings. The molecule has 1 amide bonds. The van der Waals surface area contributed by atoms with Crippen LogP contribution in [0.5, 0.6) is 5.75 Å². The maximum Gasteiger partial charge on any atom is 0.257 e. The highest BCUT2D eigenvalue weighted by Crippen LogP contribution is 2.29. The average Bonchev–Trinajstić information content (AvgIpc) is 3.26. The van der Waals surface area contributed by atoms with E-state index in [0.29, 0.717) is 35.4 Å². The molecule has 0 bridgehead atoms. The van der Waals surface area contributed by atoms with Crippen molar-refractivity contribution in [3.05, 3.63) is 72.0 Å². The highest BCUT2D eigenvalue weighted by Gasteiger charge is 2.21. The summed E-state index contributed by atoms with van der Waals surface area (Å²) in [6.45, 7) is 10.9. The van der Waals surface area contributed by atoms with Gasteiger partial charge in [0, 0.05) is 22.4 Å². The van der Waals surface area contributed by atoms with E-state index in [1.165, 1.54) is 0 Å². The van der Waals surface area contributed by atoms with Crippen LogP contribution >= 0.6 is 0 Å². The summed E-state index contributed by atoms with van der Waals surface area (Å²) in [6.07, 6.45) is 0. The molecule has 33 heavy (non-hydrogen) atoms. The number of fused-ring (bicyclic) bond motifs is 1. The molecule has 0 saturated carbocycles. The molecule has 0 saturated heterocycles. The van der Waals surface area contributed by atoms with Gasteiger partial charge in [0.05, 0.1) is 23.4 Å². The van der Waals surface area contributed by atoms with Crippen LogP contribution in [0.2, 0.25) is 0 Å². The Hall–Kier alpha value is -3.67. The molecule has 4 rings (SSSR count). The number of amides is 1. The van der Waals surface area contributed by atoms with E-state index in [4.69, 9.17) is 14.2 Å². The number of ether oxygens (including phenoxy) is 1. The van der Waals surface area contributed by atoms with Gasteiger partial charge in [0.25, 0.3) is 5.91 Å². The fourth-order valence-electron chi connectivity index (χ4n) is 3.39. The number of para-hydroxylation sites is 1. The molecule has 0 atom stereocenters. The van der Waals surface area contributed by atoms with Gasteiger partial charge in [-0.1, -0.05) is 70.1 Å². The zero-order valence-electron chi connectivity index (χ0n) is 19.7.